The van der Waals surface area contributed by atoms with E-state index in [1.165, 1.54) is 36.4 Å². The van der Waals surface area contributed by atoms with Crippen molar-refractivity contribution < 1.29 is 18.6 Å². The molecule has 0 spiro atoms. The molecule has 23 heavy (non-hydrogen) atoms. The number of aliphatic hydroxyl groups is 1. The van der Waals surface area contributed by atoms with Gasteiger partial charge in [-0.15, -0.1) is 13.2 Å². The number of allylic oxidation sites excluding steroid dienone is 2. The molecule has 1 atom stereocenters. The van der Waals surface area contributed by atoms with E-state index in [1.807, 2.05) is 0 Å². The average molecular weight is 332 g/mol. The fourth-order valence-electron chi connectivity index (χ4n) is 2.44. The minimum Gasteiger partial charge on any atom is -0.508 e. The van der Waals surface area contributed by atoms with Crippen molar-refractivity contribution >= 4 is 9.84 Å². The van der Waals surface area contributed by atoms with Crippen LogP contribution in [0.5, 0.6) is 5.75 Å². The van der Waals surface area contributed by atoms with E-state index >= 15 is 0 Å². The number of aromatic hydroxyl groups is 1. The second-order valence-electron chi connectivity index (χ2n) is 5.53. The van der Waals surface area contributed by atoms with Crippen molar-refractivity contribution in [3.05, 3.63) is 72.2 Å². The topological polar surface area (TPSA) is 74.6 Å². The molecule has 0 bridgehead atoms. The van der Waals surface area contributed by atoms with Crippen molar-refractivity contribution in [1.29, 1.82) is 0 Å². The van der Waals surface area contributed by atoms with Crippen LogP contribution in [0.3, 0.4) is 0 Å². The highest BCUT2D eigenvalue weighted by molar-refractivity contribution is 7.95. The Balaban J connectivity index is 2.35. The Hall–Kier alpha value is -2.11. The Labute approximate surface area is 136 Å². The minimum absolute atomic E-state index is 0.0392. The van der Waals surface area contributed by atoms with Gasteiger partial charge >= 0.3 is 0 Å². The summed E-state index contributed by atoms with van der Waals surface area (Å²) in [7, 11) is -3.69. The Morgan fingerprint density at radius 2 is 2.00 bits per heavy atom. The summed E-state index contributed by atoms with van der Waals surface area (Å²) in [6.07, 6.45) is 8.56. The lowest BCUT2D eigenvalue weighted by Gasteiger charge is -2.25. The van der Waals surface area contributed by atoms with Crippen molar-refractivity contribution in [3.8, 4) is 5.75 Å². The van der Waals surface area contributed by atoms with Gasteiger partial charge in [0.25, 0.3) is 0 Å². The summed E-state index contributed by atoms with van der Waals surface area (Å²) in [4.78, 5) is 0.249. The molecule has 1 aromatic rings. The maximum Gasteiger partial charge on any atom is 0.206 e. The molecule has 0 aromatic heterocycles. The van der Waals surface area contributed by atoms with E-state index in [0.717, 1.165) is 0 Å². The second-order valence-corrected chi connectivity index (χ2v) is 7.48. The normalized spacial score (nSPS) is 20.8. The van der Waals surface area contributed by atoms with Gasteiger partial charge in [0.2, 0.25) is 9.84 Å². The molecular formula is C18H20O4S. The lowest BCUT2D eigenvalue weighted by atomic mass is 9.92. The van der Waals surface area contributed by atoms with Crippen LogP contribution in [-0.4, -0.2) is 24.2 Å². The Morgan fingerprint density at radius 3 is 2.57 bits per heavy atom. The van der Waals surface area contributed by atoms with E-state index in [2.05, 4.69) is 13.2 Å². The summed E-state index contributed by atoms with van der Waals surface area (Å²) < 4.78 is 25.4. The van der Waals surface area contributed by atoms with Gasteiger partial charge in [-0.1, -0.05) is 24.3 Å². The number of phenols is 1. The molecule has 0 aliphatic heterocycles. The van der Waals surface area contributed by atoms with Crippen LogP contribution in [0.25, 0.3) is 0 Å². The van der Waals surface area contributed by atoms with Gasteiger partial charge in [-0.3, -0.25) is 0 Å². The molecule has 1 unspecified atom stereocenters. The zero-order valence-electron chi connectivity index (χ0n) is 12.8. The van der Waals surface area contributed by atoms with Crippen LogP contribution in [0.2, 0.25) is 0 Å². The van der Waals surface area contributed by atoms with Crippen molar-refractivity contribution in [2.75, 3.05) is 0 Å². The summed E-state index contributed by atoms with van der Waals surface area (Å²) >= 11 is 0. The van der Waals surface area contributed by atoms with E-state index in [-0.39, 0.29) is 22.0 Å². The van der Waals surface area contributed by atoms with Gasteiger partial charge in [-0.2, -0.15) is 0 Å². The third-order valence-electron chi connectivity index (χ3n) is 3.75. The van der Waals surface area contributed by atoms with Gasteiger partial charge in [0.05, 0.1) is 15.4 Å². The number of hydrogen-bond donors (Lipinski definition) is 2. The smallest absolute Gasteiger partial charge is 0.206 e. The van der Waals surface area contributed by atoms with Gasteiger partial charge in [0.15, 0.2) is 0 Å². The highest BCUT2D eigenvalue weighted by atomic mass is 32.2. The van der Waals surface area contributed by atoms with Crippen LogP contribution in [0, 0.1) is 0 Å². The van der Waals surface area contributed by atoms with Gasteiger partial charge in [0, 0.05) is 0 Å². The Bertz CT molecular complexity index is 787. The number of benzene rings is 1. The van der Waals surface area contributed by atoms with Crippen molar-refractivity contribution in [2.24, 2.45) is 0 Å². The molecule has 0 fully saturated rings. The molecule has 0 saturated heterocycles. The molecule has 122 valence electrons. The Kier molecular flexibility index (Phi) is 4.92. The summed E-state index contributed by atoms with van der Waals surface area (Å²) in [5, 5.41) is 20.0. The molecular weight excluding hydrogens is 312 g/mol. The molecule has 0 saturated carbocycles. The van der Waals surface area contributed by atoms with E-state index in [4.69, 9.17) is 0 Å². The molecule has 4 nitrogen and oxygen atoms in total. The standard InChI is InChI=1S/C18H20O4S/c1-3-5-14-13-16(6-7-17(14)19)23(21,22)15-8-11-18(20,10-4-2)12-9-15/h3-4,6-9,11,13,19-20H,1-2,5,10,12H2. The summed E-state index contributed by atoms with van der Waals surface area (Å²) in [6, 6.07) is 4.19. The first-order valence-electron chi connectivity index (χ1n) is 7.23. The molecule has 1 aliphatic carbocycles. The predicted molar refractivity (Wildman–Crippen MR) is 90.8 cm³/mol. The first-order chi connectivity index (χ1) is 10.8. The first kappa shape index (κ1) is 17.2. The lowest BCUT2D eigenvalue weighted by Crippen LogP contribution is -2.26. The van der Waals surface area contributed by atoms with Gasteiger partial charge in [0.1, 0.15) is 5.75 Å². The molecule has 5 heteroatoms. The van der Waals surface area contributed by atoms with Crippen LogP contribution in [0.4, 0.5) is 0 Å². The quantitative estimate of drug-likeness (QED) is 0.785. The number of hydrogen-bond acceptors (Lipinski definition) is 4. The zero-order chi connectivity index (χ0) is 17.1. The van der Waals surface area contributed by atoms with Crippen LogP contribution >= 0.6 is 0 Å². The van der Waals surface area contributed by atoms with Gasteiger partial charge < -0.3 is 10.2 Å². The second kappa shape index (κ2) is 6.56. The fourth-order valence-corrected chi connectivity index (χ4v) is 3.80. The van der Waals surface area contributed by atoms with Crippen LogP contribution < -0.4 is 0 Å². The Morgan fingerprint density at radius 1 is 1.26 bits per heavy atom. The lowest BCUT2D eigenvalue weighted by molar-refractivity contribution is 0.0963. The molecule has 0 heterocycles. The first-order valence-corrected chi connectivity index (χ1v) is 8.71. The van der Waals surface area contributed by atoms with E-state index < -0.39 is 15.4 Å². The van der Waals surface area contributed by atoms with Gasteiger partial charge in [-0.05, 0) is 49.1 Å². The maximum atomic E-state index is 12.7. The largest absolute Gasteiger partial charge is 0.508 e. The molecule has 0 radical (unpaired) electrons. The van der Waals surface area contributed by atoms with E-state index in [9.17, 15) is 18.6 Å². The third-order valence-corrected chi connectivity index (χ3v) is 5.55. The minimum atomic E-state index is -3.69. The fraction of sp³-hybridized carbons (Fsp3) is 0.222. The number of rotatable bonds is 6. The maximum absolute atomic E-state index is 12.7. The third kappa shape index (κ3) is 3.63. The number of phenolic OH excluding ortho intramolecular Hbond substituents is 1. The molecule has 0 amide bonds. The molecule has 2 rings (SSSR count). The monoisotopic (exact) mass is 332 g/mol. The highest BCUT2D eigenvalue weighted by Crippen LogP contribution is 2.31. The van der Waals surface area contributed by atoms with Crippen LogP contribution in [-0.2, 0) is 16.3 Å². The average Bonchev–Trinajstić information content (AvgIpc) is 2.50. The summed E-state index contributed by atoms with van der Waals surface area (Å²) in [5.74, 6) is 0.0392. The summed E-state index contributed by atoms with van der Waals surface area (Å²) in [6.45, 7) is 7.18. The SMILES string of the molecule is C=CCc1cc(S(=O)(=O)C2=CCC(O)(CC=C)C=C2)ccc1O. The molecule has 1 aliphatic rings. The van der Waals surface area contributed by atoms with Crippen molar-refractivity contribution in [2.45, 2.75) is 29.8 Å². The molecule has 2 N–H and O–H groups in total. The van der Waals surface area contributed by atoms with Crippen LogP contribution in [0.1, 0.15) is 18.4 Å². The van der Waals surface area contributed by atoms with Crippen molar-refractivity contribution in [3.63, 3.8) is 0 Å². The zero-order valence-corrected chi connectivity index (χ0v) is 13.6. The molecule has 1 aromatic carbocycles. The van der Waals surface area contributed by atoms with Crippen LogP contribution in [0.15, 0.2) is 71.5 Å². The highest BCUT2D eigenvalue weighted by Gasteiger charge is 2.28. The predicted octanol–water partition coefficient (Wildman–Crippen LogP) is 3.05. The van der Waals surface area contributed by atoms with Crippen molar-refractivity contribution in [1.82, 2.24) is 0 Å². The summed E-state index contributed by atoms with van der Waals surface area (Å²) in [5.41, 5.74) is -0.575. The van der Waals surface area contributed by atoms with Gasteiger partial charge in [-0.25, -0.2) is 8.42 Å². The number of sulfone groups is 1. The van der Waals surface area contributed by atoms with E-state index in [0.29, 0.717) is 18.4 Å². The van der Waals surface area contributed by atoms with E-state index in [1.54, 1.807) is 12.2 Å².